The summed E-state index contributed by atoms with van der Waals surface area (Å²) >= 11 is 0. The largest absolute Gasteiger partial charge is 0.343 e. The Labute approximate surface area is 123 Å². The van der Waals surface area contributed by atoms with Crippen LogP contribution in [0.4, 0.5) is 0 Å². The van der Waals surface area contributed by atoms with E-state index in [1.165, 1.54) is 19.3 Å². The molecule has 2 saturated heterocycles. The third kappa shape index (κ3) is 4.64. The van der Waals surface area contributed by atoms with Crippen molar-refractivity contribution >= 4 is 18.3 Å². The van der Waals surface area contributed by atoms with E-state index in [1.54, 1.807) is 0 Å². The third-order valence-electron chi connectivity index (χ3n) is 4.60. The average molecular weight is 289 g/mol. The fourth-order valence-electron chi connectivity index (χ4n) is 3.09. The minimum absolute atomic E-state index is 0. The molecule has 0 aromatic heterocycles. The van der Waals surface area contributed by atoms with Crippen LogP contribution in [0.5, 0.6) is 0 Å². The Bertz CT molecular complexity index is 296. The van der Waals surface area contributed by atoms with Crippen molar-refractivity contribution < 1.29 is 4.79 Å². The number of hydrogen-bond acceptors (Lipinski definition) is 2. The number of hydrogen-bond donors (Lipinski definition) is 1. The molecule has 4 heteroatoms. The van der Waals surface area contributed by atoms with Crippen molar-refractivity contribution in [1.29, 1.82) is 0 Å². The molecule has 3 nitrogen and oxygen atoms in total. The molecule has 2 aliphatic rings. The van der Waals surface area contributed by atoms with E-state index >= 15 is 0 Å². The first-order valence-electron chi connectivity index (χ1n) is 7.39. The zero-order valence-corrected chi connectivity index (χ0v) is 13.4. The van der Waals surface area contributed by atoms with E-state index in [-0.39, 0.29) is 17.8 Å². The van der Waals surface area contributed by atoms with Gasteiger partial charge in [0.1, 0.15) is 0 Å². The van der Waals surface area contributed by atoms with Crippen molar-refractivity contribution in [3.63, 3.8) is 0 Å². The Morgan fingerprint density at radius 2 is 1.84 bits per heavy atom. The van der Waals surface area contributed by atoms with Crippen LogP contribution >= 0.6 is 12.4 Å². The molecule has 1 N–H and O–H groups in total. The smallest absolute Gasteiger partial charge is 0.222 e. The molecule has 2 heterocycles. The van der Waals surface area contributed by atoms with Crippen LogP contribution in [-0.2, 0) is 4.79 Å². The molecule has 19 heavy (non-hydrogen) atoms. The zero-order chi connectivity index (χ0) is 13.2. The molecular weight excluding hydrogens is 260 g/mol. The molecule has 0 aliphatic carbocycles. The van der Waals surface area contributed by atoms with Gasteiger partial charge in [-0.15, -0.1) is 12.4 Å². The number of halogens is 1. The van der Waals surface area contributed by atoms with E-state index in [1.807, 2.05) is 0 Å². The van der Waals surface area contributed by atoms with E-state index in [9.17, 15) is 4.79 Å². The quantitative estimate of drug-likeness (QED) is 0.847. The van der Waals surface area contributed by atoms with Crippen LogP contribution in [-0.4, -0.2) is 37.0 Å². The lowest BCUT2D eigenvalue weighted by molar-refractivity contribution is -0.133. The van der Waals surface area contributed by atoms with E-state index in [4.69, 9.17) is 0 Å². The molecule has 2 rings (SSSR count). The average Bonchev–Trinajstić information content (AvgIpc) is 2.75. The third-order valence-corrected chi connectivity index (χ3v) is 4.60. The van der Waals surface area contributed by atoms with Crippen LogP contribution in [0, 0.1) is 10.8 Å². The Morgan fingerprint density at radius 1 is 1.21 bits per heavy atom. The zero-order valence-electron chi connectivity index (χ0n) is 12.6. The van der Waals surface area contributed by atoms with Gasteiger partial charge < -0.3 is 10.2 Å². The van der Waals surface area contributed by atoms with Gasteiger partial charge in [0.05, 0.1) is 0 Å². The predicted molar refractivity (Wildman–Crippen MR) is 81.7 cm³/mol. The fraction of sp³-hybridized carbons (Fsp3) is 0.933. The SMILES string of the molecule is CC(C)(C)CCC(=O)N1CCC2(CCNC2)CC1.Cl. The summed E-state index contributed by atoms with van der Waals surface area (Å²) in [4.78, 5) is 14.3. The molecule has 1 amide bonds. The maximum absolute atomic E-state index is 12.2. The van der Waals surface area contributed by atoms with Crippen LogP contribution in [0.2, 0.25) is 0 Å². The van der Waals surface area contributed by atoms with Gasteiger partial charge in [0.2, 0.25) is 5.91 Å². The molecule has 2 fully saturated rings. The van der Waals surface area contributed by atoms with Crippen molar-refractivity contribution in [2.24, 2.45) is 10.8 Å². The summed E-state index contributed by atoms with van der Waals surface area (Å²) in [6, 6.07) is 0. The summed E-state index contributed by atoms with van der Waals surface area (Å²) in [5.74, 6) is 0.366. The summed E-state index contributed by atoms with van der Waals surface area (Å²) in [7, 11) is 0. The van der Waals surface area contributed by atoms with Gasteiger partial charge in [0.15, 0.2) is 0 Å². The molecule has 1 spiro atoms. The van der Waals surface area contributed by atoms with Crippen molar-refractivity contribution in [1.82, 2.24) is 10.2 Å². The lowest BCUT2D eigenvalue weighted by atomic mass is 9.77. The van der Waals surface area contributed by atoms with Gasteiger partial charge >= 0.3 is 0 Å². The number of likely N-dealkylation sites (tertiary alicyclic amines) is 1. The minimum atomic E-state index is 0. The second-order valence-electron chi connectivity index (χ2n) is 7.37. The highest BCUT2D eigenvalue weighted by atomic mass is 35.5. The summed E-state index contributed by atoms with van der Waals surface area (Å²) in [5.41, 5.74) is 0.781. The Balaban J connectivity index is 0.00000180. The van der Waals surface area contributed by atoms with Crippen LogP contribution in [0.25, 0.3) is 0 Å². The van der Waals surface area contributed by atoms with Crippen LogP contribution in [0.15, 0.2) is 0 Å². The molecule has 0 saturated carbocycles. The van der Waals surface area contributed by atoms with Gasteiger partial charge in [-0.3, -0.25) is 4.79 Å². The Hall–Kier alpha value is -0.280. The second kappa shape index (κ2) is 6.45. The Kier molecular flexibility index (Phi) is 5.69. The number of carbonyl (C=O) groups excluding carboxylic acids is 1. The van der Waals surface area contributed by atoms with Gasteiger partial charge in [-0.25, -0.2) is 0 Å². The lowest BCUT2D eigenvalue weighted by Crippen LogP contribution is -2.44. The summed E-state index contributed by atoms with van der Waals surface area (Å²) in [6.07, 6.45) is 5.41. The molecule has 0 unspecified atom stereocenters. The molecule has 0 radical (unpaired) electrons. The maximum atomic E-state index is 12.2. The number of nitrogens with one attached hydrogen (secondary N) is 1. The molecule has 112 valence electrons. The van der Waals surface area contributed by atoms with E-state index in [0.29, 0.717) is 11.3 Å². The second-order valence-corrected chi connectivity index (χ2v) is 7.37. The topological polar surface area (TPSA) is 32.3 Å². The lowest BCUT2D eigenvalue weighted by Gasteiger charge is -2.39. The highest BCUT2D eigenvalue weighted by Gasteiger charge is 2.37. The van der Waals surface area contributed by atoms with Crippen molar-refractivity contribution in [2.45, 2.75) is 52.9 Å². The van der Waals surface area contributed by atoms with Gasteiger partial charge in [-0.05, 0) is 43.1 Å². The summed E-state index contributed by atoms with van der Waals surface area (Å²) in [6.45, 7) is 10.9. The molecule has 0 bridgehead atoms. The molecule has 0 atom stereocenters. The summed E-state index contributed by atoms with van der Waals surface area (Å²) in [5, 5.41) is 3.47. The number of rotatable bonds is 2. The summed E-state index contributed by atoms with van der Waals surface area (Å²) < 4.78 is 0. The number of amides is 1. The van der Waals surface area contributed by atoms with Gasteiger partial charge in [-0.2, -0.15) is 0 Å². The van der Waals surface area contributed by atoms with Crippen molar-refractivity contribution in [2.75, 3.05) is 26.2 Å². The van der Waals surface area contributed by atoms with E-state index < -0.39 is 0 Å². The van der Waals surface area contributed by atoms with Crippen LogP contribution in [0.1, 0.15) is 52.9 Å². The van der Waals surface area contributed by atoms with Gasteiger partial charge in [-0.1, -0.05) is 20.8 Å². The normalized spacial score (nSPS) is 22.4. The van der Waals surface area contributed by atoms with Gasteiger partial charge in [0, 0.05) is 26.1 Å². The monoisotopic (exact) mass is 288 g/mol. The van der Waals surface area contributed by atoms with Crippen molar-refractivity contribution in [3.8, 4) is 0 Å². The predicted octanol–water partition coefficient (Wildman–Crippen LogP) is 2.84. The first-order chi connectivity index (χ1) is 8.40. The fourth-order valence-corrected chi connectivity index (χ4v) is 3.09. The standard InChI is InChI=1S/C15H28N2O.ClH/c1-14(2,3)5-4-13(18)17-10-7-15(8-11-17)6-9-16-12-15;/h16H,4-12H2,1-3H3;1H. The first kappa shape index (κ1) is 16.8. The van der Waals surface area contributed by atoms with Crippen LogP contribution in [0.3, 0.4) is 0 Å². The highest BCUT2D eigenvalue weighted by Crippen LogP contribution is 2.37. The molecule has 2 aliphatic heterocycles. The molecule has 0 aromatic carbocycles. The number of nitrogens with zero attached hydrogens (tertiary/aromatic N) is 1. The van der Waals surface area contributed by atoms with Crippen LogP contribution < -0.4 is 5.32 Å². The van der Waals surface area contributed by atoms with Crippen molar-refractivity contribution in [3.05, 3.63) is 0 Å². The number of piperidine rings is 1. The van der Waals surface area contributed by atoms with E-state index in [2.05, 4.69) is 31.0 Å². The highest BCUT2D eigenvalue weighted by molar-refractivity contribution is 5.85. The number of carbonyl (C=O) groups is 1. The first-order valence-corrected chi connectivity index (χ1v) is 7.39. The minimum Gasteiger partial charge on any atom is -0.343 e. The molecular formula is C15H29ClN2O. The van der Waals surface area contributed by atoms with E-state index in [0.717, 1.165) is 39.0 Å². The van der Waals surface area contributed by atoms with Gasteiger partial charge in [0.25, 0.3) is 0 Å². The Morgan fingerprint density at radius 3 is 2.32 bits per heavy atom. The maximum Gasteiger partial charge on any atom is 0.222 e. The molecule has 0 aromatic rings.